The van der Waals surface area contributed by atoms with Crippen LogP contribution >= 0.6 is 11.6 Å². The molecule has 0 N–H and O–H groups in total. The fraction of sp³-hybridized carbons (Fsp3) is 0.143. The second-order valence-corrected chi connectivity index (χ2v) is 9.27. The van der Waals surface area contributed by atoms with E-state index in [0.29, 0.717) is 49.9 Å². The van der Waals surface area contributed by atoms with Gasteiger partial charge < -0.3 is 9.47 Å². The Labute approximate surface area is 232 Å². The van der Waals surface area contributed by atoms with Crippen molar-refractivity contribution in [2.75, 3.05) is 7.11 Å². The Morgan fingerprint density at radius 3 is 2.45 bits per heavy atom. The van der Waals surface area contributed by atoms with Crippen LogP contribution in [0.15, 0.2) is 72.9 Å². The molecule has 12 heteroatoms. The highest BCUT2D eigenvalue weighted by molar-refractivity contribution is 6.30. The van der Waals surface area contributed by atoms with E-state index in [1.54, 1.807) is 72.3 Å². The summed E-state index contributed by atoms with van der Waals surface area (Å²) in [6, 6.07) is 17.7. The number of non-ortho nitro benzene ring substituents is 1. The second-order valence-electron chi connectivity index (χ2n) is 8.83. The Kier molecular flexibility index (Phi) is 7.30. The Bertz CT molecular complexity index is 1740. The molecule has 0 aliphatic carbocycles. The van der Waals surface area contributed by atoms with Crippen LogP contribution in [-0.2, 0) is 22.6 Å². The van der Waals surface area contributed by atoms with Crippen LogP contribution in [0.5, 0.6) is 5.75 Å². The number of nitro benzene ring substituents is 1. The van der Waals surface area contributed by atoms with Crippen molar-refractivity contribution in [1.29, 1.82) is 0 Å². The summed E-state index contributed by atoms with van der Waals surface area (Å²) in [7, 11) is 1.53. The molecule has 202 valence electrons. The fourth-order valence-electron chi connectivity index (χ4n) is 4.44. The summed E-state index contributed by atoms with van der Waals surface area (Å²) in [6.07, 6.45) is 1.46. The molecule has 11 nitrogen and oxygen atoms in total. The number of benzene rings is 3. The minimum Gasteiger partial charge on any atom is -0.496 e. The lowest BCUT2D eigenvalue weighted by atomic mass is 10.1. The van der Waals surface area contributed by atoms with Crippen molar-refractivity contribution in [2.45, 2.75) is 20.0 Å². The third kappa shape index (κ3) is 5.14. The fourth-order valence-corrected chi connectivity index (χ4v) is 4.57. The molecule has 5 aromatic rings. The SMILES string of the molecule is COc1cccc2c1c(CC(=O)OCc1cn(-c3ccc([N+](=O)[O-])cc3)nn1)c(C)n2C(=O)c1ccc(Cl)cc1. The van der Waals surface area contributed by atoms with E-state index < -0.39 is 10.9 Å². The minimum absolute atomic E-state index is 0.0406. The van der Waals surface area contributed by atoms with Crippen LogP contribution in [0.2, 0.25) is 5.02 Å². The molecule has 0 saturated carbocycles. The van der Waals surface area contributed by atoms with Crippen molar-refractivity contribution in [1.82, 2.24) is 19.6 Å². The molecule has 0 unspecified atom stereocenters. The highest BCUT2D eigenvalue weighted by atomic mass is 35.5. The van der Waals surface area contributed by atoms with Crippen LogP contribution < -0.4 is 4.74 Å². The average Bonchev–Trinajstić information content (AvgIpc) is 3.54. The van der Waals surface area contributed by atoms with Crippen molar-refractivity contribution in [3.8, 4) is 11.4 Å². The summed E-state index contributed by atoms with van der Waals surface area (Å²) in [5.41, 5.74) is 3.15. The molecule has 0 aliphatic heterocycles. The molecule has 0 spiro atoms. The summed E-state index contributed by atoms with van der Waals surface area (Å²) in [4.78, 5) is 36.8. The van der Waals surface area contributed by atoms with Gasteiger partial charge in [0.25, 0.3) is 11.6 Å². The molecule has 0 fully saturated rings. The quantitative estimate of drug-likeness (QED) is 0.146. The first-order chi connectivity index (χ1) is 19.3. The van der Waals surface area contributed by atoms with Crippen LogP contribution in [0.1, 0.15) is 27.3 Å². The molecule has 0 atom stereocenters. The van der Waals surface area contributed by atoms with Gasteiger partial charge in [-0.3, -0.25) is 24.3 Å². The summed E-state index contributed by atoms with van der Waals surface area (Å²) < 4.78 is 14.0. The molecule has 0 bridgehead atoms. The van der Waals surface area contributed by atoms with E-state index in [2.05, 4.69) is 10.3 Å². The minimum atomic E-state index is -0.531. The van der Waals surface area contributed by atoms with Gasteiger partial charge in [-0.25, -0.2) is 4.68 Å². The molecule has 2 heterocycles. The molecule has 2 aromatic heterocycles. The molecule has 5 rings (SSSR count). The maximum absolute atomic E-state index is 13.5. The number of hydrogen-bond acceptors (Lipinski definition) is 8. The number of rotatable bonds is 8. The molecule has 0 aliphatic rings. The van der Waals surface area contributed by atoms with Gasteiger partial charge in [0.15, 0.2) is 0 Å². The summed E-state index contributed by atoms with van der Waals surface area (Å²) in [5.74, 6) is -0.274. The van der Waals surface area contributed by atoms with E-state index >= 15 is 0 Å². The number of halogens is 1. The number of ether oxygens (including phenoxy) is 2. The van der Waals surface area contributed by atoms with Crippen molar-refractivity contribution in [3.63, 3.8) is 0 Å². The van der Waals surface area contributed by atoms with E-state index in [-0.39, 0.29) is 24.6 Å². The van der Waals surface area contributed by atoms with Gasteiger partial charge in [0.05, 0.1) is 35.9 Å². The lowest BCUT2D eigenvalue weighted by molar-refractivity contribution is -0.384. The number of hydrogen-bond donors (Lipinski definition) is 0. The predicted octanol–water partition coefficient (Wildman–Crippen LogP) is 5.08. The maximum Gasteiger partial charge on any atom is 0.310 e. The van der Waals surface area contributed by atoms with Crippen molar-refractivity contribution in [2.24, 2.45) is 0 Å². The van der Waals surface area contributed by atoms with Gasteiger partial charge in [0.1, 0.15) is 18.1 Å². The first-order valence-corrected chi connectivity index (χ1v) is 12.4. The van der Waals surface area contributed by atoms with Gasteiger partial charge in [0.2, 0.25) is 0 Å². The van der Waals surface area contributed by atoms with Crippen molar-refractivity contribution >= 4 is 40.1 Å². The zero-order valence-electron chi connectivity index (χ0n) is 21.4. The van der Waals surface area contributed by atoms with Crippen LogP contribution in [0.25, 0.3) is 16.6 Å². The first kappa shape index (κ1) is 26.6. The predicted molar refractivity (Wildman–Crippen MR) is 146 cm³/mol. The third-order valence-corrected chi connectivity index (χ3v) is 6.65. The third-order valence-electron chi connectivity index (χ3n) is 6.40. The van der Waals surface area contributed by atoms with E-state index in [1.807, 2.05) is 0 Å². The molecule has 0 radical (unpaired) electrons. The van der Waals surface area contributed by atoms with Crippen molar-refractivity contribution in [3.05, 3.63) is 111 Å². The van der Waals surface area contributed by atoms with Crippen LogP contribution in [0.4, 0.5) is 5.69 Å². The highest BCUT2D eigenvalue weighted by Crippen LogP contribution is 2.34. The Morgan fingerprint density at radius 1 is 1.05 bits per heavy atom. The first-order valence-electron chi connectivity index (χ1n) is 12.1. The average molecular weight is 560 g/mol. The van der Waals surface area contributed by atoms with E-state index in [1.165, 1.54) is 23.9 Å². The number of methoxy groups -OCH3 is 1. The number of nitrogens with zero attached hydrogens (tertiary/aromatic N) is 5. The number of carbonyl (C=O) groups excluding carboxylic acids is 2. The number of aromatic nitrogens is 4. The zero-order chi connectivity index (χ0) is 28.4. The van der Waals surface area contributed by atoms with Gasteiger partial charge in [-0.2, -0.15) is 0 Å². The van der Waals surface area contributed by atoms with E-state index in [4.69, 9.17) is 21.1 Å². The lowest BCUT2D eigenvalue weighted by Crippen LogP contribution is -2.14. The standard InChI is InChI=1S/C28H22ClN5O6/c1-17-23(14-26(35)40-16-20-15-32(31-30-20)21-10-12-22(13-11-21)34(37)38)27-24(4-3-5-25(27)39-2)33(17)28(36)18-6-8-19(29)9-7-18/h3-13,15H,14,16H2,1-2H3. The normalized spacial score (nSPS) is 11.0. The molecular formula is C28H22ClN5O6. The number of nitro groups is 1. The Hall–Kier alpha value is -5.03. The van der Waals surface area contributed by atoms with Gasteiger partial charge >= 0.3 is 5.97 Å². The number of esters is 1. The molecule has 0 saturated heterocycles. The van der Waals surface area contributed by atoms with Gasteiger partial charge in [-0.15, -0.1) is 5.10 Å². The van der Waals surface area contributed by atoms with Crippen LogP contribution in [-0.4, -0.2) is 43.5 Å². The topological polar surface area (TPSA) is 131 Å². The van der Waals surface area contributed by atoms with Crippen LogP contribution in [0.3, 0.4) is 0 Å². The van der Waals surface area contributed by atoms with Crippen LogP contribution in [0, 0.1) is 17.0 Å². The molecule has 40 heavy (non-hydrogen) atoms. The Balaban J connectivity index is 1.37. The molecular weight excluding hydrogens is 538 g/mol. The summed E-state index contributed by atoms with van der Waals surface area (Å²) >= 11 is 5.99. The monoisotopic (exact) mass is 559 g/mol. The Morgan fingerprint density at radius 2 is 1.77 bits per heavy atom. The smallest absolute Gasteiger partial charge is 0.310 e. The number of carbonyl (C=O) groups is 2. The van der Waals surface area contributed by atoms with E-state index in [0.717, 1.165) is 0 Å². The van der Waals surface area contributed by atoms with Gasteiger partial charge in [-0.1, -0.05) is 22.9 Å². The summed E-state index contributed by atoms with van der Waals surface area (Å²) in [5, 5.41) is 20.0. The van der Waals surface area contributed by atoms with Crippen molar-refractivity contribution < 1.29 is 24.0 Å². The molecule has 3 aromatic carbocycles. The molecule has 0 amide bonds. The second kappa shape index (κ2) is 11.0. The number of fused-ring (bicyclic) bond motifs is 1. The lowest BCUT2D eigenvalue weighted by Gasteiger charge is -2.08. The van der Waals surface area contributed by atoms with Gasteiger partial charge in [-0.05, 0) is 61.0 Å². The maximum atomic E-state index is 13.5. The zero-order valence-corrected chi connectivity index (χ0v) is 22.2. The summed E-state index contributed by atoms with van der Waals surface area (Å²) in [6.45, 7) is 1.63. The van der Waals surface area contributed by atoms with E-state index in [9.17, 15) is 19.7 Å². The highest BCUT2D eigenvalue weighted by Gasteiger charge is 2.24. The van der Waals surface area contributed by atoms with Gasteiger partial charge in [0, 0.05) is 33.8 Å². The largest absolute Gasteiger partial charge is 0.496 e.